The fourth-order valence-electron chi connectivity index (χ4n) is 9.11. The lowest BCUT2D eigenvalue weighted by molar-refractivity contribution is 0.548. The summed E-state index contributed by atoms with van der Waals surface area (Å²) in [6.07, 6.45) is 17.4. The minimum Gasteiger partial charge on any atom is -0.244 e. The van der Waals surface area contributed by atoms with Crippen LogP contribution in [0.25, 0.3) is 65.4 Å². The average Bonchev–Trinajstić information content (AvgIpc) is 3.26. The molecule has 0 amide bonds. The fourth-order valence-corrected chi connectivity index (χ4v) is 9.11. The lowest BCUT2D eigenvalue weighted by atomic mass is 9.85. The molecule has 0 N–H and O–H groups in total. The SMILES string of the molecule is CC(C)(C)c1ccc2cncnc2c1.CC(C)(C)c1ccc2ncncc2c1.CC(C)(C)c1cccc2cncnc12.CC(C)(C)c1cccc2ncncc12.CC(C)(C)c1ncc2ccccc2n1.CC(C)(C)c1ncnc2ccccc12. The van der Waals surface area contributed by atoms with Crippen LogP contribution in [0.4, 0.5) is 0 Å². The van der Waals surface area contributed by atoms with Crippen LogP contribution < -0.4 is 0 Å². The molecule has 432 valence electrons. The topological polar surface area (TPSA) is 155 Å². The van der Waals surface area contributed by atoms with Crippen LogP contribution in [-0.4, -0.2) is 59.8 Å². The van der Waals surface area contributed by atoms with E-state index in [1.165, 1.54) is 22.3 Å². The summed E-state index contributed by atoms with van der Waals surface area (Å²) in [6.45, 7) is 39.3. The van der Waals surface area contributed by atoms with Crippen molar-refractivity contribution < 1.29 is 0 Å². The van der Waals surface area contributed by atoms with Crippen molar-refractivity contribution in [1.29, 1.82) is 0 Å². The molecule has 0 saturated carbocycles. The van der Waals surface area contributed by atoms with Gasteiger partial charge in [-0.1, -0.05) is 210 Å². The first kappa shape index (κ1) is 63.0. The van der Waals surface area contributed by atoms with E-state index in [1.54, 1.807) is 31.6 Å². The predicted molar refractivity (Wildman–Crippen MR) is 349 cm³/mol. The van der Waals surface area contributed by atoms with Gasteiger partial charge in [-0.3, -0.25) is 0 Å². The zero-order chi connectivity index (χ0) is 61.1. The Labute approximate surface area is 497 Å². The lowest BCUT2D eigenvalue weighted by Crippen LogP contribution is -2.15. The molecule has 0 spiro atoms. The van der Waals surface area contributed by atoms with Crippen molar-refractivity contribution in [2.45, 2.75) is 157 Å². The highest BCUT2D eigenvalue weighted by molar-refractivity contribution is 5.84. The molecule has 6 aromatic heterocycles. The Morgan fingerprint density at radius 3 is 1.42 bits per heavy atom. The van der Waals surface area contributed by atoms with Crippen molar-refractivity contribution in [3.63, 3.8) is 0 Å². The molecule has 12 rings (SSSR count). The molecule has 0 fully saturated rings. The maximum Gasteiger partial charge on any atom is 0.134 e. The lowest BCUT2D eigenvalue weighted by Gasteiger charge is -2.20. The number of benzene rings is 6. The smallest absolute Gasteiger partial charge is 0.134 e. The van der Waals surface area contributed by atoms with Crippen LogP contribution in [0.1, 0.15) is 158 Å². The predicted octanol–water partition coefficient (Wildman–Crippen LogP) is 17.6. The van der Waals surface area contributed by atoms with E-state index in [9.17, 15) is 0 Å². The Kier molecular flexibility index (Phi) is 19.7. The quantitative estimate of drug-likeness (QED) is 0.142. The van der Waals surface area contributed by atoms with Crippen LogP contribution in [0.15, 0.2) is 184 Å². The Balaban J connectivity index is 0.000000145. The van der Waals surface area contributed by atoms with Gasteiger partial charge >= 0.3 is 0 Å². The Bertz CT molecular complexity index is 3660. The number of hydrogen-bond donors (Lipinski definition) is 0. The van der Waals surface area contributed by atoms with Gasteiger partial charge in [-0.2, -0.15) is 0 Å². The third kappa shape index (κ3) is 17.0. The normalized spacial score (nSPS) is 11.9. The molecule has 12 heteroatoms. The number of para-hydroxylation sites is 3. The molecule has 12 nitrogen and oxygen atoms in total. The third-order valence-corrected chi connectivity index (χ3v) is 13.9. The van der Waals surface area contributed by atoms with Crippen molar-refractivity contribution in [2.24, 2.45) is 0 Å². The Morgan fingerprint density at radius 2 is 0.762 bits per heavy atom. The molecule has 0 atom stereocenters. The van der Waals surface area contributed by atoms with Crippen LogP contribution >= 0.6 is 0 Å². The average molecular weight is 1120 g/mol. The van der Waals surface area contributed by atoms with Crippen LogP contribution in [0, 0.1) is 0 Å². The zero-order valence-corrected chi connectivity index (χ0v) is 52.7. The van der Waals surface area contributed by atoms with Crippen LogP contribution in [0.2, 0.25) is 0 Å². The summed E-state index contributed by atoms with van der Waals surface area (Å²) in [6, 6.07) is 41.4. The number of fused-ring (bicyclic) bond motifs is 6. The molecule has 6 heterocycles. The minimum absolute atomic E-state index is 0.0179. The summed E-state index contributed by atoms with van der Waals surface area (Å²) in [7, 11) is 0. The second kappa shape index (κ2) is 26.3. The van der Waals surface area contributed by atoms with E-state index >= 15 is 0 Å². The van der Waals surface area contributed by atoms with E-state index in [0.717, 1.165) is 76.9 Å². The van der Waals surface area contributed by atoms with Gasteiger partial charge < -0.3 is 0 Å². The standard InChI is InChI=1S/6C12H14N2/c1-12(2,3)10-4-5-11-9(6-10)7-13-8-14-11;1-12(2,3)10-5-4-9-7-13-8-14-11(9)6-10;1-12(2,3)10-5-4-6-11-9(10)7-13-8-14-11;1-12(2,3)10-6-4-5-9-7-13-8-14-11(9)10;1-12(2,3)11-9-6-4-5-7-10(9)13-8-14-11;1-12(2,3)11-13-8-9-6-4-5-7-10(9)14-11/h6*4-8H,1-3H3. The van der Waals surface area contributed by atoms with Crippen LogP contribution in [0.3, 0.4) is 0 Å². The molecular formula is C72H84N12. The molecule has 0 aliphatic heterocycles. The summed E-state index contributed by atoms with van der Waals surface area (Å²) >= 11 is 0. The van der Waals surface area contributed by atoms with Gasteiger partial charge in [-0.25, -0.2) is 59.8 Å². The largest absolute Gasteiger partial charge is 0.244 e. The summed E-state index contributed by atoms with van der Waals surface area (Å²) in [5.74, 6) is 0.899. The fraction of sp³-hybridized carbons (Fsp3) is 0.333. The van der Waals surface area contributed by atoms with Gasteiger partial charge in [0.2, 0.25) is 0 Å². The van der Waals surface area contributed by atoms with E-state index in [-0.39, 0.29) is 32.5 Å². The molecule has 0 aliphatic rings. The first-order chi connectivity index (χ1) is 39.5. The molecule has 12 aromatic rings. The van der Waals surface area contributed by atoms with Crippen LogP contribution in [0.5, 0.6) is 0 Å². The maximum absolute atomic E-state index is 4.54. The summed E-state index contributed by atoms with van der Waals surface area (Å²) in [4.78, 5) is 50.7. The molecule has 6 aromatic carbocycles. The maximum atomic E-state index is 4.54. The molecule has 0 radical (unpaired) electrons. The van der Waals surface area contributed by atoms with Gasteiger partial charge in [-0.05, 0) is 80.3 Å². The monoisotopic (exact) mass is 1120 g/mol. The highest BCUT2D eigenvalue weighted by Crippen LogP contribution is 2.31. The highest BCUT2D eigenvalue weighted by atomic mass is 14.9. The van der Waals surface area contributed by atoms with Crippen molar-refractivity contribution in [2.75, 3.05) is 0 Å². The van der Waals surface area contributed by atoms with E-state index in [0.29, 0.717) is 0 Å². The van der Waals surface area contributed by atoms with E-state index < -0.39 is 0 Å². The van der Waals surface area contributed by atoms with Crippen LogP contribution in [-0.2, 0) is 32.5 Å². The van der Waals surface area contributed by atoms with Crippen molar-refractivity contribution in [1.82, 2.24) is 59.8 Å². The molecule has 0 bridgehead atoms. The molecular weight excluding hydrogens is 1030 g/mol. The van der Waals surface area contributed by atoms with Gasteiger partial charge in [0.1, 0.15) is 37.5 Å². The van der Waals surface area contributed by atoms with Crippen molar-refractivity contribution in [3.8, 4) is 0 Å². The number of nitrogens with zero attached hydrogens (tertiary/aromatic N) is 12. The molecule has 0 unspecified atom stereocenters. The minimum atomic E-state index is 0.0179. The van der Waals surface area contributed by atoms with E-state index in [1.807, 2.05) is 85.6 Å². The van der Waals surface area contributed by atoms with Gasteiger partial charge in [0.25, 0.3) is 0 Å². The molecule has 0 aliphatic carbocycles. The molecule has 84 heavy (non-hydrogen) atoms. The number of rotatable bonds is 0. The number of hydrogen-bond acceptors (Lipinski definition) is 12. The van der Waals surface area contributed by atoms with Gasteiger partial charge in [0, 0.05) is 74.1 Å². The first-order valence-electron chi connectivity index (χ1n) is 28.7. The summed E-state index contributed by atoms with van der Waals surface area (Å²) < 4.78 is 0. The highest BCUT2D eigenvalue weighted by Gasteiger charge is 2.21. The Hall–Kier alpha value is -8.64. The second-order valence-corrected chi connectivity index (χ2v) is 27.1. The van der Waals surface area contributed by atoms with Gasteiger partial charge in [0.05, 0.1) is 38.8 Å². The second-order valence-electron chi connectivity index (χ2n) is 27.1. The summed E-state index contributed by atoms with van der Waals surface area (Å²) in [5.41, 5.74) is 13.2. The van der Waals surface area contributed by atoms with E-state index in [4.69, 9.17) is 0 Å². The number of aromatic nitrogens is 12. The Morgan fingerprint density at radius 1 is 0.274 bits per heavy atom. The zero-order valence-electron chi connectivity index (χ0n) is 52.7. The summed E-state index contributed by atoms with van der Waals surface area (Å²) in [5, 5.41) is 6.73. The van der Waals surface area contributed by atoms with Crippen molar-refractivity contribution in [3.05, 3.63) is 218 Å². The molecule has 0 saturated heterocycles. The van der Waals surface area contributed by atoms with Gasteiger partial charge in [-0.15, -0.1) is 0 Å². The van der Waals surface area contributed by atoms with Crippen molar-refractivity contribution >= 4 is 65.4 Å². The third-order valence-electron chi connectivity index (χ3n) is 13.9. The first-order valence-corrected chi connectivity index (χ1v) is 28.7. The van der Waals surface area contributed by atoms with Gasteiger partial charge in [0.15, 0.2) is 0 Å². The van der Waals surface area contributed by atoms with E-state index in [2.05, 4.69) is 251 Å².